The molecule has 1 aromatic rings. The van der Waals surface area contributed by atoms with E-state index in [2.05, 4.69) is 0 Å². The molecular formula is C9H11NO5S. The van der Waals surface area contributed by atoms with E-state index in [-0.39, 0.29) is 5.69 Å². The number of anilines is 1. The molecule has 0 saturated heterocycles. The lowest BCUT2D eigenvalue weighted by atomic mass is 10.0. The minimum atomic E-state index is -4.29. The molecule has 16 heavy (non-hydrogen) atoms. The Kier molecular flexibility index (Phi) is 3.51. The molecule has 6 nitrogen and oxygen atoms in total. The standard InChI is InChI=1S/C9H11NO5S/c1-6(9(11)12)7-2-4-8(5-3-7)10-16(13,14)15/h2-6,10H,1H3,(H,11,12)(H,13,14,15)/t6-/m0/s1. The average Bonchev–Trinajstić information content (AvgIpc) is 2.15. The summed E-state index contributed by atoms with van der Waals surface area (Å²) < 4.78 is 31.3. The molecule has 0 fully saturated rings. The number of hydrogen-bond acceptors (Lipinski definition) is 3. The predicted molar refractivity (Wildman–Crippen MR) is 57.7 cm³/mol. The molecule has 7 heteroatoms. The number of carbonyl (C=O) groups is 1. The van der Waals surface area contributed by atoms with E-state index < -0.39 is 22.2 Å². The van der Waals surface area contributed by atoms with Gasteiger partial charge in [0.15, 0.2) is 0 Å². The highest BCUT2D eigenvalue weighted by Crippen LogP contribution is 2.18. The highest BCUT2D eigenvalue weighted by molar-refractivity contribution is 7.87. The van der Waals surface area contributed by atoms with Crippen molar-refractivity contribution in [2.45, 2.75) is 12.8 Å². The second kappa shape index (κ2) is 4.50. The molecule has 0 saturated carbocycles. The highest BCUT2D eigenvalue weighted by Gasteiger charge is 2.13. The van der Waals surface area contributed by atoms with E-state index in [1.54, 1.807) is 0 Å². The number of hydrogen-bond donors (Lipinski definition) is 3. The van der Waals surface area contributed by atoms with Gasteiger partial charge >= 0.3 is 16.3 Å². The summed E-state index contributed by atoms with van der Waals surface area (Å²) >= 11 is 0. The zero-order valence-electron chi connectivity index (χ0n) is 8.41. The Morgan fingerprint density at radius 1 is 1.31 bits per heavy atom. The second-order valence-electron chi connectivity index (χ2n) is 3.26. The number of aliphatic carboxylic acids is 1. The van der Waals surface area contributed by atoms with Crippen LogP contribution in [0.3, 0.4) is 0 Å². The van der Waals surface area contributed by atoms with Gasteiger partial charge in [0.2, 0.25) is 0 Å². The SMILES string of the molecule is C[C@H](C(=O)O)c1ccc(NS(=O)(=O)O)cc1. The third kappa shape index (κ3) is 3.52. The van der Waals surface area contributed by atoms with Gasteiger partial charge < -0.3 is 5.11 Å². The van der Waals surface area contributed by atoms with Gasteiger partial charge in [0.25, 0.3) is 0 Å². The van der Waals surface area contributed by atoms with Gasteiger partial charge in [0, 0.05) is 0 Å². The van der Waals surface area contributed by atoms with Crippen molar-refractivity contribution in [1.82, 2.24) is 0 Å². The van der Waals surface area contributed by atoms with Gasteiger partial charge in [-0.15, -0.1) is 0 Å². The first kappa shape index (κ1) is 12.5. The van der Waals surface area contributed by atoms with E-state index in [1.165, 1.54) is 31.2 Å². The molecule has 88 valence electrons. The van der Waals surface area contributed by atoms with E-state index in [1.807, 2.05) is 4.72 Å². The Hall–Kier alpha value is -1.60. The van der Waals surface area contributed by atoms with Gasteiger partial charge in [-0.3, -0.25) is 14.1 Å². The van der Waals surface area contributed by atoms with E-state index in [0.29, 0.717) is 5.56 Å². The fourth-order valence-corrected chi connectivity index (χ4v) is 1.57. The third-order valence-corrected chi connectivity index (χ3v) is 2.52. The van der Waals surface area contributed by atoms with Gasteiger partial charge in [-0.2, -0.15) is 8.42 Å². The first-order valence-corrected chi connectivity index (χ1v) is 5.81. The molecule has 1 aromatic carbocycles. The Morgan fingerprint density at radius 3 is 2.19 bits per heavy atom. The van der Waals surface area contributed by atoms with Crippen LogP contribution in [-0.2, 0) is 15.1 Å². The van der Waals surface area contributed by atoms with E-state index in [9.17, 15) is 13.2 Å². The number of nitrogens with one attached hydrogen (secondary N) is 1. The third-order valence-electron chi connectivity index (χ3n) is 2.03. The molecule has 0 spiro atoms. The van der Waals surface area contributed by atoms with Crippen LogP contribution < -0.4 is 4.72 Å². The van der Waals surface area contributed by atoms with E-state index in [0.717, 1.165) is 0 Å². The summed E-state index contributed by atoms with van der Waals surface area (Å²) in [5.41, 5.74) is 0.720. The fourth-order valence-electron chi connectivity index (χ4n) is 1.13. The van der Waals surface area contributed by atoms with Crippen LogP contribution in [0.25, 0.3) is 0 Å². The maximum absolute atomic E-state index is 10.7. The van der Waals surface area contributed by atoms with Crippen molar-refractivity contribution >= 4 is 22.0 Å². The van der Waals surface area contributed by atoms with Crippen molar-refractivity contribution in [2.75, 3.05) is 4.72 Å². The first-order valence-electron chi connectivity index (χ1n) is 4.37. The van der Waals surface area contributed by atoms with Crippen LogP contribution in [0.1, 0.15) is 18.4 Å². The fraction of sp³-hybridized carbons (Fsp3) is 0.222. The Balaban J connectivity index is 2.87. The summed E-state index contributed by atoms with van der Waals surface area (Å²) in [7, 11) is -4.29. The average molecular weight is 245 g/mol. The monoisotopic (exact) mass is 245 g/mol. The van der Waals surface area contributed by atoms with Crippen molar-refractivity contribution in [3.63, 3.8) is 0 Å². The molecule has 0 heterocycles. The Labute approximate surface area is 92.8 Å². The number of carboxylic acids is 1. The van der Waals surface area contributed by atoms with Crippen molar-refractivity contribution in [1.29, 1.82) is 0 Å². The summed E-state index contributed by atoms with van der Waals surface area (Å²) in [5.74, 6) is -1.63. The van der Waals surface area contributed by atoms with Gasteiger partial charge in [-0.05, 0) is 24.6 Å². The molecule has 0 aliphatic rings. The van der Waals surface area contributed by atoms with Crippen molar-refractivity contribution < 1.29 is 22.9 Å². The van der Waals surface area contributed by atoms with Crippen LogP contribution in [-0.4, -0.2) is 24.0 Å². The van der Waals surface area contributed by atoms with Gasteiger partial charge in [-0.25, -0.2) is 0 Å². The highest BCUT2D eigenvalue weighted by atomic mass is 32.2. The Bertz CT molecular complexity index is 479. The zero-order valence-corrected chi connectivity index (χ0v) is 9.23. The van der Waals surface area contributed by atoms with E-state index >= 15 is 0 Å². The van der Waals surface area contributed by atoms with Crippen LogP contribution in [0, 0.1) is 0 Å². The molecule has 0 aliphatic carbocycles. The smallest absolute Gasteiger partial charge is 0.357 e. The lowest BCUT2D eigenvalue weighted by molar-refractivity contribution is -0.138. The molecular weight excluding hydrogens is 234 g/mol. The lowest BCUT2D eigenvalue weighted by Gasteiger charge is -2.07. The van der Waals surface area contributed by atoms with Crippen LogP contribution in [0.4, 0.5) is 5.69 Å². The topological polar surface area (TPSA) is 104 Å². The predicted octanol–water partition coefficient (Wildman–Crippen LogP) is 1.09. The minimum Gasteiger partial charge on any atom is -0.481 e. The maximum Gasteiger partial charge on any atom is 0.357 e. The summed E-state index contributed by atoms with van der Waals surface area (Å²) in [6.45, 7) is 1.52. The molecule has 0 amide bonds. The molecule has 1 atom stereocenters. The quantitative estimate of drug-likeness (QED) is 0.689. The summed E-state index contributed by atoms with van der Waals surface area (Å²) in [6, 6.07) is 5.71. The molecule has 0 radical (unpaired) electrons. The van der Waals surface area contributed by atoms with Gasteiger partial charge in [0.05, 0.1) is 11.6 Å². The van der Waals surface area contributed by atoms with Crippen LogP contribution >= 0.6 is 0 Å². The first-order chi connectivity index (χ1) is 7.29. The maximum atomic E-state index is 10.7. The summed E-state index contributed by atoms with van der Waals surface area (Å²) in [4.78, 5) is 10.7. The van der Waals surface area contributed by atoms with Crippen LogP contribution in [0.2, 0.25) is 0 Å². The minimum absolute atomic E-state index is 0.170. The number of rotatable bonds is 4. The molecule has 3 N–H and O–H groups in total. The largest absolute Gasteiger partial charge is 0.481 e. The van der Waals surface area contributed by atoms with Gasteiger partial charge in [0.1, 0.15) is 0 Å². The molecule has 0 aromatic heterocycles. The Morgan fingerprint density at radius 2 is 1.81 bits per heavy atom. The van der Waals surface area contributed by atoms with Crippen molar-refractivity contribution in [2.24, 2.45) is 0 Å². The van der Waals surface area contributed by atoms with E-state index in [4.69, 9.17) is 9.66 Å². The summed E-state index contributed by atoms with van der Waals surface area (Å²) in [6.07, 6.45) is 0. The lowest BCUT2D eigenvalue weighted by Crippen LogP contribution is -2.11. The molecule has 0 unspecified atom stereocenters. The number of carboxylic acid groups (broad SMARTS) is 1. The molecule has 0 aliphatic heterocycles. The normalized spacial score (nSPS) is 13.1. The number of benzene rings is 1. The summed E-state index contributed by atoms with van der Waals surface area (Å²) in [5, 5.41) is 8.74. The second-order valence-corrected chi connectivity index (χ2v) is 4.41. The van der Waals surface area contributed by atoms with Crippen molar-refractivity contribution in [3.05, 3.63) is 29.8 Å². The van der Waals surface area contributed by atoms with Gasteiger partial charge in [-0.1, -0.05) is 12.1 Å². The molecule has 1 rings (SSSR count). The van der Waals surface area contributed by atoms with Crippen LogP contribution in [0.15, 0.2) is 24.3 Å². The molecule has 0 bridgehead atoms. The van der Waals surface area contributed by atoms with Crippen LogP contribution in [0.5, 0.6) is 0 Å². The van der Waals surface area contributed by atoms with Crippen molar-refractivity contribution in [3.8, 4) is 0 Å². The zero-order chi connectivity index (χ0) is 12.3.